The normalized spacial score (nSPS) is 10.9. The van der Waals surface area contributed by atoms with Crippen LogP contribution in [0.25, 0.3) is 0 Å². The lowest BCUT2D eigenvalue weighted by atomic mass is 10.4. The number of furan rings is 2. The molecule has 0 radical (unpaired) electrons. The molecule has 0 unspecified atom stereocenters. The summed E-state index contributed by atoms with van der Waals surface area (Å²) in [5, 5.41) is 3.37. The van der Waals surface area contributed by atoms with Gasteiger partial charge in [0.05, 0.1) is 23.3 Å². The zero-order chi connectivity index (χ0) is 11.5. The predicted octanol–water partition coefficient (Wildman–Crippen LogP) is 1.12. The van der Waals surface area contributed by atoms with E-state index in [1.807, 2.05) is 30.3 Å². The van der Waals surface area contributed by atoms with Crippen LogP contribution < -0.4 is 16.0 Å². The van der Waals surface area contributed by atoms with Crippen LogP contribution in [0.2, 0.25) is 0 Å². The number of hydrogen-bond acceptors (Lipinski definition) is 2. The Labute approximate surface area is 101 Å². The third-order valence-electron chi connectivity index (χ3n) is 2.79. The third-order valence-corrected chi connectivity index (χ3v) is 5.64. The summed E-state index contributed by atoms with van der Waals surface area (Å²) in [5.74, 6) is 0. The summed E-state index contributed by atoms with van der Waals surface area (Å²) < 4.78 is 11.2. The third kappa shape index (κ3) is 1.97. The van der Waals surface area contributed by atoms with Gasteiger partial charge in [-0.3, -0.25) is 0 Å². The lowest BCUT2D eigenvalue weighted by molar-refractivity contribution is 0.588. The molecule has 0 N–H and O–H groups in total. The molecule has 17 heavy (non-hydrogen) atoms. The molecule has 2 aromatic heterocycles. The van der Waals surface area contributed by atoms with Crippen LogP contribution in [0.5, 0.6) is 0 Å². The molecule has 0 bridgehead atoms. The average Bonchev–Trinajstić information content (AvgIpc) is 3.04. The molecule has 1 aromatic carbocycles. The van der Waals surface area contributed by atoms with E-state index in [4.69, 9.17) is 8.83 Å². The monoisotopic (exact) mass is 240 g/mol. The summed E-state index contributed by atoms with van der Waals surface area (Å²) in [6, 6.07) is 18.4. The van der Waals surface area contributed by atoms with Crippen molar-refractivity contribution in [3.05, 3.63) is 67.1 Å². The van der Waals surface area contributed by atoms with Gasteiger partial charge in [-0.15, -0.1) is 0 Å². The molecule has 0 aliphatic heterocycles. The van der Waals surface area contributed by atoms with Crippen molar-refractivity contribution in [2.75, 3.05) is 0 Å². The molecule has 0 aliphatic rings. The molecule has 84 valence electrons. The molecule has 0 saturated carbocycles. The van der Waals surface area contributed by atoms with Gasteiger partial charge in [0.25, 0.3) is 0 Å². The topological polar surface area (TPSA) is 26.3 Å². The van der Waals surface area contributed by atoms with Crippen molar-refractivity contribution in [3.63, 3.8) is 0 Å². The summed E-state index contributed by atoms with van der Waals surface area (Å²) in [7, 11) is -1.54. The Morgan fingerprint density at radius 3 is 1.71 bits per heavy atom. The highest BCUT2D eigenvalue weighted by Gasteiger charge is 2.24. The van der Waals surface area contributed by atoms with Crippen LogP contribution >= 0.6 is 0 Å². The average molecular weight is 240 g/mol. The van der Waals surface area contributed by atoms with E-state index in [0.717, 1.165) is 10.8 Å². The largest absolute Gasteiger partial charge is 0.474 e. The first-order chi connectivity index (χ1) is 8.45. The second-order valence-electron chi connectivity index (χ2n) is 3.87. The predicted molar refractivity (Wildman–Crippen MR) is 69.9 cm³/mol. The second kappa shape index (κ2) is 4.47. The van der Waals surface area contributed by atoms with E-state index in [2.05, 4.69) is 24.3 Å². The van der Waals surface area contributed by atoms with E-state index < -0.39 is 8.80 Å². The Hall–Kier alpha value is -2.00. The molecule has 3 heteroatoms. The minimum absolute atomic E-state index is 1.03. The van der Waals surface area contributed by atoms with E-state index in [0.29, 0.717) is 0 Å². The molecule has 0 saturated heterocycles. The maximum atomic E-state index is 5.58. The first kappa shape index (κ1) is 10.2. The maximum absolute atomic E-state index is 5.58. The van der Waals surface area contributed by atoms with Gasteiger partial charge in [0.2, 0.25) is 8.80 Å². The second-order valence-corrected chi connectivity index (χ2v) is 6.55. The summed E-state index contributed by atoms with van der Waals surface area (Å²) >= 11 is 0. The van der Waals surface area contributed by atoms with Gasteiger partial charge in [0.1, 0.15) is 0 Å². The van der Waals surface area contributed by atoms with Gasteiger partial charge in [-0.2, -0.15) is 0 Å². The quantitative estimate of drug-likeness (QED) is 0.641. The Morgan fingerprint density at radius 2 is 1.24 bits per heavy atom. The number of hydrogen-bond donors (Lipinski definition) is 0. The van der Waals surface area contributed by atoms with Crippen LogP contribution in [0.4, 0.5) is 0 Å². The molecule has 0 aliphatic carbocycles. The first-order valence-corrected chi connectivity index (χ1v) is 7.30. The fourth-order valence-corrected chi connectivity index (χ4v) is 4.61. The van der Waals surface area contributed by atoms with E-state index >= 15 is 0 Å². The molecular formula is C14H12O2Si. The van der Waals surface area contributed by atoms with Crippen LogP contribution in [0.1, 0.15) is 0 Å². The fourth-order valence-electron chi connectivity index (χ4n) is 2.03. The van der Waals surface area contributed by atoms with E-state index in [-0.39, 0.29) is 0 Å². The maximum Gasteiger partial charge on any atom is 0.221 e. The van der Waals surface area contributed by atoms with Gasteiger partial charge >= 0.3 is 0 Å². The smallest absolute Gasteiger partial charge is 0.221 e. The molecule has 2 nitrogen and oxygen atoms in total. The van der Waals surface area contributed by atoms with Gasteiger partial charge in [0.15, 0.2) is 0 Å². The first-order valence-electron chi connectivity index (χ1n) is 5.57. The van der Waals surface area contributed by atoms with Crippen molar-refractivity contribution < 1.29 is 8.83 Å². The Kier molecular flexibility index (Phi) is 2.67. The minimum Gasteiger partial charge on any atom is -0.474 e. The molecule has 0 fully saturated rings. The zero-order valence-electron chi connectivity index (χ0n) is 9.24. The fraction of sp³-hybridized carbons (Fsp3) is 0. The standard InChI is InChI=1S/C14H12O2Si/c1-2-6-12(7-3-1)17(13-8-4-10-15-13)14-9-5-11-16-14/h1-11,17H. The van der Waals surface area contributed by atoms with Crippen molar-refractivity contribution in [2.24, 2.45) is 0 Å². The highest BCUT2D eigenvalue weighted by molar-refractivity contribution is 6.93. The zero-order valence-corrected chi connectivity index (χ0v) is 10.4. The van der Waals surface area contributed by atoms with Crippen LogP contribution in [0.3, 0.4) is 0 Å². The lowest BCUT2D eigenvalue weighted by Gasteiger charge is -2.10. The van der Waals surface area contributed by atoms with Crippen LogP contribution in [-0.4, -0.2) is 8.80 Å². The number of benzene rings is 1. The highest BCUT2D eigenvalue weighted by Crippen LogP contribution is 1.96. The summed E-state index contributed by atoms with van der Waals surface area (Å²) in [6.45, 7) is 0. The molecule has 2 heterocycles. The summed E-state index contributed by atoms with van der Waals surface area (Å²) in [4.78, 5) is 0. The van der Waals surface area contributed by atoms with Gasteiger partial charge in [-0.1, -0.05) is 30.3 Å². The lowest BCUT2D eigenvalue weighted by Crippen LogP contribution is -2.50. The van der Waals surface area contributed by atoms with Gasteiger partial charge in [0, 0.05) is 0 Å². The molecular weight excluding hydrogens is 228 g/mol. The van der Waals surface area contributed by atoms with Crippen molar-refractivity contribution in [1.29, 1.82) is 0 Å². The molecule has 0 spiro atoms. The summed E-state index contributed by atoms with van der Waals surface area (Å²) in [5.41, 5.74) is 0. The van der Waals surface area contributed by atoms with Crippen molar-refractivity contribution in [2.45, 2.75) is 0 Å². The minimum atomic E-state index is -1.54. The van der Waals surface area contributed by atoms with Gasteiger partial charge < -0.3 is 8.83 Å². The molecule has 3 aromatic rings. The van der Waals surface area contributed by atoms with Crippen molar-refractivity contribution in [3.8, 4) is 0 Å². The number of rotatable bonds is 3. The van der Waals surface area contributed by atoms with Gasteiger partial charge in [-0.25, -0.2) is 0 Å². The highest BCUT2D eigenvalue weighted by atomic mass is 28.3. The Morgan fingerprint density at radius 1 is 0.647 bits per heavy atom. The molecule has 0 atom stereocenters. The van der Waals surface area contributed by atoms with Crippen LogP contribution in [0, 0.1) is 0 Å². The van der Waals surface area contributed by atoms with Crippen LogP contribution in [0.15, 0.2) is 76.0 Å². The SMILES string of the molecule is c1ccc([SiH](c2ccco2)c2ccco2)cc1. The molecule has 3 rings (SSSR count). The van der Waals surface area contributed by atoms with Crippen molar-refractivity contribution in [1.82, 2.24) is 0 Å². The van der Waals surface area contributed by atoms with Crippen molar-refractivity contribution >= 4 is 24.8 Å². The summed E-state index contributed by atoms with van der Waals surface area (Å²) in [6.07, 6.45) is 3.45. The van der Waals surface area contributed by atoms with Gasteiger partial charge in [-0.05, 0) is 29.5 Å². The van der Waals surface area contributed by atoms with Crippen LogP contribution in [-0.2, 0) is 0 Å². The van der Waals surface area contributed by atoms with E-state index in [1.165, 1.54) is 5.19 Å². The molecule has 0 amide bonds. The Balaban J connectivity index is 2.10. The van der Waals surface area contributed by atoms with E-state index in [1.54, 1.807) is 12.5 Å². The Bertz CT molecular complexity index is 521. The van der Waals surface area contributed by atoms with E-state index in [9.17, 15) is 0 Å².